The molecule has 0 aliphatic heterocycles. The minimum Gasteiger partial charge on any atom is -0.344 e. The van der Waals surface area contributed by atoms with Gasteiger partial charge in [0.2, 0.25) is 0 Å². The third kappa shape index (κ3) is 3.86. The van der Waals surface area contributed by atoms with Crippen molar-refractivity contribution in [1.82, 2.24) is 0 Å². The van der Waals surface area contributed by atoms with Crippen LogP contribution >= 0.6 is 0 Å². The van der Waals surface area contributed by atoms with Crippen molar-refractivity contribution in [3.8, 4) is 0 Å². The van der Waals surface area contributed by atoms with E-state index in [4.69, 9.17) is 0 Å². The van der Waals surface area contributed by atoms with Crippen molar-refractivity contribution in [2.24, 2.45) is 0 Å². The van der Waals surface area contributed by atoms with Gasteiger partial charge in [-0.25, -0.2) is 4.79 Å². The third-order valence-electron chi connectivity index (χ3n) is 1.38. The molecule has 14 heavy (non-hydrogen) atoms. The van der Waals surface area contributed by atoms with Gasteiger partial charge in [0.25, 0.3) is 0 Å². The van der Waals surface area contributed by atoms with E-state index in [1.54, 1.807) is 24.3 Å². The number of carbonyl (C=O) groups excluding carboxylic acids is 1. The molecule has 1 rings (SSSR count). The fourth-order valence-electron chi connectivity index (χ4n) is 0.832. The van der Waals surface area contributed by atoms with Crippen LogP contribution in [-0.4, -0.2) is 14.4 Å². The maximum Gasteiger partial charge on any atom is 0.346 e. The van der Waals surface area contributed by atoms with Gasteiger partial charge in [-0.2, -0.15) is 8.42 Å². The monoisotopic (exact) mass is 212 g/mol. The molecule has 1 aromatic carbocycles. The van der Waals surface area contributed by atoms with Crippen LogP contribution < -0.4 is 0 Å². The molecule has 0 bridgehead atoms. The van der Waals surface area contributed by atoms with Gasteiger partial charge < -0.3 is 4.18 Å². The zero-order chi connectivity index (χ0) is 10.4. The van der Waals surface area contributed by atoms with Gasteiger partial charge in [0.15, 0.2) is 0 Å². The SMILES string of the molecule is O=C(/C=C/c1ccccc1)O[SH](=O)=O. The lowest BCUT2D eigenvalue weighted by Crippen LogP contribution is -1.97. The Morgan fingerprint density at radius 1 is 1.21 bits per heavy atom. The molecule has 1 aromatic rings. The first kappa shape index (κ1) is 10.5. The van der Waals surface area contributed by atoms with Gasteiger partial charge in [-0.15, -0.1) is 0 Å². The summed E-state index contributed by atoms with van der Waals surface area (Å²) >= 11 is 0. The molecule has 0 radical (unpaired) electrons. The number of thiol groups is 1. The Hall–Kier alpha value is -1.62. The van der Waals surface area contributed by atoms with E-state index in [1.165, 1.54) is 6.08 Å². The van der Waals surface area contributed by atoms with Crippen LogP contribution in [-0.2, 0) is 20.0 Å². The number of benzene rings is 1. The molecule has 5 heteroatoms. The maximum atomic E-state index is 10.7. The van der Waals surface area contributed by atoms with Crippen molar-refractivity contribution in [3.63, 3.8) is 0 Å². The van der Waals surface area contributed by atoms with E-state index >= 15 is 0 Å². The first-order valence-corrected chi connectivity index (χ1v) is 4.87. The highest BCUT2D eigenvalue weighted by molar-refractivity contribution is 7.67. The molecular weight excluding hydrogens is 204 g/mol. The third-order valence-corrected chi connectivity index (χ3v) is 1.70. The molecule has 0 N–H and O–H groups in total. The quantitative estimate of drug-likeness (QED) is 0.594. The Balaban J connectivity index is 2.61. The molecular formula is C9H8O4S. The molecule has 74 valence electrons. The first-order valence-electron chi connectivity index (χ1n) is 3.78. The molecule has 0 unspecified atom stereocenters. The number of hydrogen-bond donors (Lipinski definition) is 1. The number of rotatable bonds is 3. The van der Waals surface area contributed by atoms with Crippen LogP contribution in [0.3, 0.4) is 0 Å². The summed E-state index contributed by atoms with van der Waals surface area (Å²) in [5.74, 6) is -0.898. The van der Waals surface area contributed by atoms with Crippen LogP contribution in [0.4, 0.5) is 0 Å². The van der Waals surface area contributed by atoms with Crippen molar-refractivity contribution in [3.05, 3.63) is 42.0 Å². The van der Waals surface area contributed by atoms with Gasteiger partial charge in [0.05, 0.1) is 0 Å². The van der Waals surface area contributed by atoms with Gasteiger partial charge in [-0.3, -0.25) is 0 Å². The molecule has 0 fully saturated rings. The van der Waals surface area contributed by atoms with E-state index in [9.17, 15) is 13.2 Å². The molecule has 0 aromatic heterocycles. The van der Waals surface area contributed by atoms with Crippen LogP contribution in [0.2, 0.25) is 0 Å². The maximum absolute atomic E-state index is 10.7. The summed E-state index contributed by atoms with van der Waals surface area (Å²) in [5.41, 5.74) is 0.797. The average Bonchev–Trinajstić information content (AvgIpc) is 2.15. The standard InChI is InChI=1S/C9H8O4S/c10-9(13-14(11)12)7-6-8-4-2-1-3-5-8/h1-7,14H/b7-6+. The molecule has 0 aliphatic rings. The van der Waals surface area contributed by atoms with Crippen LogP contribution in [0.15, 0.2) is 36.4 Å². The Kier molecular flexibility index (Phi) is 3.87. The Labute approximate surface area is 83.0 Å². The summed E-state index contributed by atoms with van der Waals surface area (Å²) < 4.78 is 23.9. The largest absolute Gasteiger partial charge is 0.346 e. The van der Waals surface area contributed by atoms with E-state index in [-0.39, 0.29) is 0 Å². The minimum absolute atomic E-state index is 0.797. The lowest BCUT2D eigenvalue weighted by Gasteiger charge is -1.90. The van der Waals surface area contributed by atoms with Crippen molar-refractivity contribution in [1.29, 1.82) is 0 Å². The summed E-state index contributed by atoms with van der Waals surface area (Å²) in [5, 5.41) is 0. The van der Waals surface area contributed by atoms with E-state index in [2.05, 4.69) is 4.18 Å². The molecule has 0 atom stereocenters. The van der Waals surface area contributed by atoms with E-state index < -0.39 is 17.0 Å². The predicted octanol–water partition coefficient (Wildman–Crippen LogP) is 0.769. The number of hydrogen-bond acceptors (Lipinski definition) is 4. The zero-order valence-corrected chi connectivity index (χ0v) is 8.02. The Morgan fingerprint density at radius 3 is 2.43 bits per heavy atom. The topological polar surface area (TPSA) is 60.4 Å². The highest BCUT2D eigenvalue weighted by Gasteiger charge is 1.96. The van der Waals surface area contributed by atoms with Crippen molar-refractivity contribution < 1.29 is 17.4 Å². The van der Waals surface area contributed by atoms with E-state index in [0.717, 1.165) is 11.6 Å². The zero-order valence-electron chi connectivity index (χ0n) is 7.12. The molecule has 4 nitrogen and oxygen atoms in total. The highest BCUT2D eigenvalue weighted by Crippen LogP contribution is 2.00. The average molecular weight is 212 g/mol. The lowest BCUT2D eigenvalue weighted by atomic mass is 10.2. The van der Waals surface area contributed by atoms with E-state index in [1.807, 2.05) is 6.07 Å². The van der Waals surface area contributed by atoms with Gasteiger partial charge in [0, 0.05) is 6.08 Å². The van der Waals surface area contributed by atoms with Crippen LogP contribution in [0, 0.1) is 0 Å². The first-order chi connectivity index (χ1) is 6.68. The minimum atomic E-state index is -3.12. The van der Waals surface area contributed by atoms with Crippen molar-refractivity contribution >= 4 is 23.0 Å². The van der Waals surface area contributed by atoms with Gasteiger partial charge in [-0.1, -0.05) is 30.3 Å². The molecule has 0 saturated carbocycles. The normalized spacial score (nSPS) is 10.6. The molecule has 0 aliphatic carbocycles. The summed E-state index contributed by atoms with van der Waals surface area (Å²) in [6.45, 7) is 0. The fourth-order valence-corrected chi connectivity index (χ4v) is 1.04. The summed E-state index contributed by atoms with van der Waals surface area (Å²) in [4.78, 5) is 10.7. The van der Waals surface area contributed by atoms with Gasteiger partial charge in [-0.05, 0) is 11.6 Å². The van der Waals surface area contributed by atoms with Crippen molar-refractivity contribution in [2.75, 3.05) is 0 Å². The van der Waals surface area contributed by atoms with Gasteiger partial charge >= 0.3 is 17.0 Å². The second-order valence-corrected chi connectivity index (χ2v) is 3.01. The highest BCUT2D eigenvalue weighted by atomic mass is 32.2. The summed E-state index contributed by atoms with van der Waals surface area (Å²) in [7, 11) is -3.12. The van der Waals surface area contributed by atoms with Crippen LogP contribution in [0.25, 0.3) is 6.08 Å². The molecule has 0 spiro atoms. The second-order valence-electron chi connectivity index (χ2n) is 2.38. The Bertz CT molecular complexity index is 398. The second kappa shape index (κ2) is 5.18. The lowest BCUT2D eigenvalue weighted by molar-refractivity contribution is -0.128. The molecule has 0 amide bonds. The van der Waals surface area contributed by atoms with Crippen LogP contribution in [0.5, 0.6) is 0 Å². The molecule has 0 saturated heterocycles. The smallest absolute Gasteiger partial charge is 0.344 e. The van der Waals surface area contributed by atoms with Crippen molar-refractivity contribution in [2.45, 2.75) is 0 Å². The van der Waals surface area contributed by atoms with Crippen LogP contribution in [0.1, 0.15) is 5.56 Å². The summed E-state index contributed by atoms with van der Waals surface area (Å²) in [6.07, 6.45) is 2.53. The Morgan fingerprint density at radius 2 is 1.86 bits per heavy atom. The molecule has 0 heterocycles. The van der Waals surface area contributed by atoms with Gasteiger partial charge in [0.1, 0.15) is 0 Å². The number of carbonyl (C=O) groups is 1. The fraction of sp³-hybridized carbons (Fsp3) is 0. The predicted molar refractivity (Wildman–Crippen MR) is 51.9 cm³/mol. The summed E-state index contributed by atoms with van der Waals surface area (Å²) in [6, 6.07) is 9.00. The van der Waals surface area contributed by atoms with E-state index in [0.29, 0.717) is 0 Å².